The van der Waals surface area contributed by atoms with Gasteiger partial charge < -0.3 is 20.0 Å². The SMILES string of the molecule is C=CCN(C(=O)CNC(=O)c1ccco1)C(C(=O)NC1CCCC1)c1ccc(C(C)C)cc1. The van der Waals surface area contributed by atoms with E-state index in [1.165, 1.54) is 17.2 Å². The second-order valence-electron chi connectivity index (χ2n) is 8.71. The van der Waals surface area contributed by atoms with Gasteiger partial charge in [0.15, 0.2) is 5.76 Å². The lowest BCUT2D eigenvalue weighted by Gasteiger charge is -2.31. The summed E-state index contributed by atoms with van der Waals surface area (Å²) >= 11 is 0. The molecule has 3 rings (SSSR count). The molecule has 7 nitrogen and oxygen atoms in total. The average Bonchev–Trinajstić information content (AvgIpc) is 3.52. The molecular weight excluding hydrogens is 418 g/mol. The first-order chi connectivity index (χ1) is 15.9. The maximum atomic E-state index is 13.4. The molecule has 33 heavy (non-hydrogen) atoms. The molecule has 0 saturated heterocycles. The minimum Gasteiger partial charge on any atom is -0.459 e. The molecule has 0 radical (unpaired) electrons. The van der Waals surface area contributed by atoms with Gasteiger partial charge in [-0.1, -0.05) is 57.0 Å². The fourth-order valence-electron chi connectivity index (χ4n) is 4.13. The molecule has 1 aromatic carbocycles. The molecule has 1 saturated carbocycles. The Hall–Kier alpha value is -3.35. The Bertz CT molecular complexity index is 944. The van der Waals surface area contributed by atoms with Crippen LogP contribution >= 0.6 is 0 Å². The average molecular weight is 452 g/mol. The van der Waals surface area contributed by atoms with Crippen LogP contribution in [0.3, 0.4) is 0 Å². The van der Waals surface area contributed by atoms with Gasteiger partial charge in [-0.05, 0) is 42.0 Å². The van der Waals surface area contributed by atoms with Gasteiger partial charge in [-0.25, -0.2) is 0 Å². The van der Waals surface area contributed by atoms with E-state index in [9.17, 15) is 14.4 Å². The summed E-state index contributed by atoms with van der Waals surface area (Å²) in [6.45, 7) is 7.89. The highest BCUT2D eigenvalue weighted by atomic mass is 16.3. The van der Waals surface area contributed by atoms with Crippen LogP contribution in [0, 0.1) is 0 Å². The number of hydrogen-bond donors (Lipinski definition) is 2. The molecule has 0 aliphatic heterocycles. The van der Waals surface area contributed by atoms with E-state index in [0.29, 0.717) is 5.92 Å². The largest absolute Gasteiger partial charge is 0.459 e. The zero-order valence-corrected chi connectivity index (χ0v) is 19.4. The maximum absolute atomic E-state index is 13.4. The fraction of sp³-hybridized carbons (Fsp3) is 0.423. The normalized spacial score (nSPS) is 14.6. The highest BCUT2D eigenvalue weighted by Crippen LogP contribution is 2.26. The van der Waals surface area contributed by atoms with E-state index in [4.69, 9.17) is 4.42 Å². The molecule has 176 valence electrons. The van der Waals surface area contributed by atoms with Crippen molar-refractivity contribution in [2.24, 2.45) is 0 Å². The highest BCUT2D eigenvalue weighted by molar-refractivity contribution is 5.95. The molecular formula is C26H33N3O4. The Morgan fingerprint density at radius 1 is 1.12 bits per heavy atom. The fourth-order valence-corrected chi connectivity index (χ4v) is 4.13. The molecule has 1 unspecified atom stereocenters. The van der Waals surface area contributed by atoms with Crippen LogP contribution in [0.5, 0.6) is 0 Å². The molecule has 1 fully saturated rings. The highest BCUT2D eigenvalue weighted by Gasteiger charge is 2.32. The predicted molar refractivity (Wildman–Crippen MR) is 127 cm³/mol. The molecule has 7 heteroatoms. The van der Waals surface area contributed by atoms with Gasteiger partial charge >= 0.3 is 0 Å². The molecule has 2 N–H and O–H groups in total. The molecule has 3 amide bonds. The van der Waals surface area contributed by atoms with Gasteiger partial charge in [0, 0.05) is 12.6 Å². The van der Waals surface area contributed by atoms with Crippen LogP contribution in [0.1, 0.15) is 73.2 Å². The number of nitrogens with zero attached hydrogens (tertiary/aromatic N) is 1. The van der Waals surface area contributed by atoms with Gasteiger partial charge in [0.05, 0.1) is 12.8 Å². The van der Waals surface area contributed by atoms with Crippen molar-refractivity contribution in [1.82, 2.24) is 15.5 Å². The lowest BCUT2D eigenvalue weighted by Crippen LogP contribution is -2.48. The van der Waals surface area contributed by atoms with Gasteiger partial charge in [0.2, 0.25) is 11.8 Å². The summed E-state index contributed by atoms with van der Waals surface area (Å²) < 4.78 is 5.08. The van der Waals surface area contributed by atoms with Crippen molar-refractivity contribution in [1.29, 1.82) is 0 Å². The molecule has 1 aromatic heterocycles. The predicted octanol–water partition coefficient (Wildman–Crippen LogP) is 3.95. The molecule has 1 atom stereocenters. The van der Waals surface area contributed by atoms with Gasteiger partial charge in [0.1, 0.15) is 6.04 Å². The van der Waals surface area contributed by atoms with Crippen LogP contribution in [0.15, 0.2) is 59.7 Å². The summed E-state index contributed by atoms with van der Waals surface area (Å²) in [6.07, 6.45) is 7.05. The van der Waals surface area contributed by atoms with Crippen molar-refractivity contribution in [3.05, 3.63) is 72.2 Å². The second-order valence-corrected chi connectivity index (χ2v) is 8.71. The van der Waals surface area contributed by atoms with Gasteiger partial charge in [0.25, 0.3) is 5.91 Å². The Morgan fingerprint density at radius 2 is 1.79 bits per heavy atom. The lowest BCUT2D eigenvalue weighted by atomic mass is 9.97. The molecule has 1 heterocycles. The van der Waals surface area contributed by atoms with Crippen LogP contribution in [-0.2, 0) is 9.59 Å². The topological polar surface area (TPSA) is 91.7 Å². The van der Waals surface area contributed by atoms with Crippen LogP contribution in [0.4, 0.5) is 0 Å². The van der Waals surface area contributed by atoms with E-state index in [-0.39, 0.29) is 36.7 Å². The number of amides is 3. The molecule has 0 bridgehead atoms. The number of benzene rings is 1. The van der Waals surface area contributed by atoms with Crippen molar-refractivity contribution in [2.75, 3.05) is 13.1 Å². The number of furan rings is 1. The molecule has 2 aromatic rings. The van der Waals surface area contributed by atoms with Crippen molar-refractivity contribution in [3.63, 3.8) is 0 Å². The van der Waals surface area contributed by atoms with Gasteiger partial charge in [-0.15, -0.1) is 6.58 Å². The van der Waals surface area contributed by atoms with Crippen molar-refractivity contribution in [3.8, 4) is 0 Å². The summed E-state index contributed by atoms with van der Waals surface area (Å²) in [5, 5.41) is 5.70. The third-order valence-corrected chi connectivity index (χ3v) is 5.97. The number of nitrogens with one attached hydrogen (secondary N) is 2. The molecule has 1 aliphatic carbocycles. The Labute approximate surface area is 195 Å². The van der Waals surface area contributed by atoms with E-state index in [1.807, 2.05) is 24.3 Å². The number of rotatable bonds is 10. The standard InChI is InChI=1S/C26H33N3O4/c1-4-15-29(23(30)17-27-25(31)22-10-7-16-33-22)24(26(32)28-21-8-5-6-9-21)20-13-11-19(12-14-20)18(2)3/h4,7,10-14,16,18,21,24H,1,5-6,8-9,15,17H2,2-3H3,(H,27,31)(H,28,32). The van der Waals surface area contributed by atoms with Crippen LogP contribution < -0.4 is 10.6 Å². The van der Waals surface area contributed by atoms with E-state index in [2.05, 4.69) is 31.1 Å². The van der Waals surface area contributed by atoms with Crippen LogP contribution in [0.2, 0.25) is 0 Å². The van der Waals surface area contributed by atoms with Crippen molar-refractivity contribution < 1.29 is 18.8 Å². The van der Waals surface area contributed by atoms with E-state index >= 15 is 0 Å². The Morgan fingerprint density at radius 3 is 2.36 bits per heavy atom. The third-order valence-electron chi connectivity index (χ3n) is 5.97. The first kappa shape index (κ1) is 24.3. The molecule has 1 aliphatic rings. The zero-order chi connectivity index (χ0) is 23.8. The summed E-state index contributed by atoms with van der Waals surface area (Å²) in [6, 6.07) is 10.2. The molecule has 0 spiro atoms. The zero-order valence-electron chi connectivity index (χ0n) is 19.4. The van der Waals surface area contributed by atoms with Crippen molar-refractivity contribution >= 4 is 17.7 Å². The summed E-state index contributed by atoms with van der Waals surface area (Å²) in [7, 11) is 0. The minimum absolute atomic E-state index is 0.120. The third kappa shape index (κ3) is 6.34. The first-order valence-electron chi connectivity index (χ1n) is 11.5. The summed E-state index contributed by atoms with van der Waals surface area (Å²) in [4.78, 5) is 40.3. The number of carbonyl (C=O) groups is 3. The van der Waals surface area contributed by atoms with E-state index in [0.717, 1.165) is 36.8 Å². The monoisotopic (exact) mass is 451 g/mol. The summed E-state index contributed by atoms with van der Waals surface area (Å²) in [5.74, 6) is -0.605. The second kappa shape index (κ2) is 11.5. The van der Waals surface area contributed by atoms with E-state index < -0.39 is 11.9 Å². The maximum Gasteiger partial charge on any atom is 0.287 e. The minimum atomic E-state index is -0.821. The summed E-state index contributed by atoms with van der Waals surface area (Å²) in [5.41, 5.74) is 1.88. The smallest absolute Gasteiger partial charge is 0.287 e. The number of hydrogen-bond acceptors (Lipinski definition) is 4. The van der Waals surface area contributed by atoms with Gasteiger partial charge in [-0.2, -0.15) is 0 Å². The Balaban J connectivity index is 1.83. The Kier molecular flexibility index (Phi) is 8.46. The number of carbonyl (C=O) groups excluding carboxylic acids is 3. The van der Waals surface area contributed by atoms with Crippen molar-refractivity contribution in [2.45, 2.75) is 57.5 Å². The van der Waals surface area contributed by atoms with Crippen LogP contribution in [-0.4, -0.2) is 41.8 Å². The van der Waals surface area contributed by atoms with Crippen LogP contribution in [0.25, 0.3) is 0 Å². The lowest BCUT2D eigenvalue weighted by molar-refractivity contribution is -0.139. The van der Waals surface area contributed by atoms with E-state index in [1.54, 1.807) is 12.1 Å². The first-order valence-corrected chi connectivity index (χ1v) is 11.5. The van der Waals surface area contributed by atoms with Gasteiger partial charge in [-0.3, -0.25) is 14.4 Å². The quantitative estimate of drug-likeness (QED) is 0.535.